The number of hydrogen-bond acceptors (Lipinski definition) is 2. The fraction of sp³-hybridized carbons (Fsp3) is 1.00. The Morgan fingerprint density at radius 2 is 1.15 bits per heavy atom. The molecule has 0 amide bonds. The lowest BCUT2D eigenvalue weighted by molar-refractivity contribution is 0.0393. The minimum Gasteiger partial charge on any atom is -0.375 e. The monoisotopic (exact) mass is 304 g/mol. The highest BCUT2D eigenvalue weighted by Gasteiger charge is 2.36. The Morgan fingerprint density at radius 3 is 1.35 bits per heavy atom. The van der Waals surface area contributed by atoms with Gasteiger partial charge in [0, 0.05) is 5.92 Å². The van der Waals surface area contributed by atoms with E-state index in [-0.39, 0.29) is 5.56 Å². The maximum atomic E-state index is 5.91. The van der Waals surface area contributed by atoms with Crippen LogP contribution in [0.4, 0.5) is 0 Å². The van der Waals surface area contributed by atoms with Crippen molar-refractivity contribution >= 4 is 11.6 Å². The van der Waals surface area contributed by atoms with Crippen molar-refractivity contribution in [1.29, 1.82) is 0 Å². The van der Waals surface area contributed by atoms with E-state index in [4.69, 9.17) is 21.1 Å². The largest absolute Gasteiger partial charge is 0.375 e. The fourth-order valence-corrected chi connectivity index (χ4v) is 3.58. The molecule has 0 saturated carbocycles. The molecule has 8 unspecified atom stereocenters. The first-order chi connectivity index (χ1) is 9.33. The molecule has 120 valence electrons. The third-order valence-electron chi connectivity index (χ3n) is 5.48. The van der Waals surface area contributed by atoms with Crippen LogP contribution in [0.2, 0.25) is 0 Å². The molecule has 2 aliphatic rings. The molecule has 0 aromatic rings. The first-order valence-electron chi connectivity index (χ1n) is 8.28. The van der Waals surface area contributed by atoms with Crippen molar-refractivity contribution in [2.75, 3.05) is 0 Å². The van der Waals surface area contributed by atoms with Crippen molar-refractivity contribution in [3.05, 3.63) is 0 Å². The number of alkyl halides is 1. The van der Waals surface area contributed by atoms with E-state index < -0.39 is 0 Å². The Kier molecular flexibility index (Phi) is 7.31. The molecule has 2 heterocycles. The second-order valence-electron chi connectivity index (χ2n) is 6.66. The van der Waals surface area contributed by atoms with E-state index in [2.05, 4.69) is 48.5 Å². The van der Waals surface area contributed by atoms with Gasteiger partial charge in [0.05, 0.1) is 18.3 Å². The summed E-state index contributed by atoms with van der Waals surface area (Å²) in [5, 5.41) is 0. The lowest BCUT2D eigenvalue weighted by Gasteiger charge is -2.12. The van der Waals surface area contributed by atoms with Crippen LogP contribution in [0.3, 0.4) is 0 Å². The zero-order valence-corrected chi connectivity index (χ0v) is 15.0. The summed E-state index contributed by atoms with van der Waals surface area (Å²) < 4.78 is 11.2. The molecular weight excluding hydrogens is 272 g/mol. The van der Waals surface area contributed by atoms with Crippen molar-refractivity contribution in [3.8, 4) is 0 Å². The van der Waals surface area contributed by atoms with Gasteiger partial charge in [-0.3, -0.25) is 0 Å². The van der Waals surface area contributed by atoms with Gasteiger partial charge in [0.2, 0.25) is 0 Å². The van der Waals surface area contributed by atoms with Crippen LogP contribution in [-0.4, -0.2) is 23.9 Å². The standard InChI is InChI=1S/C9H18O.C8H15ClO/c1-5-9-7(3)6(2)8(4)10-9;1-4-7-5(2)6(3)8(9)10-7/h6-9H,5H2,1-4H3;5-8H,4H2,1-3H3. The van der Waals surface area contributed by atoms with E-state index in [0.29, 0.717) is 30.1 Å². The van der Waals surface area contributed by atoms with E-state index in [0.717, 1.165) is 24.7 Å². The molecule has 2 rings (SSSR count). The second-order valence-corrected chi connectivity index (χ2v) is 7.09. The van der Waals surface area contributed by atoms with Crippen LogP contribution in [0.15, 0.2) is 0 Å². The van der Waals surface area contributed by atoms with Gasteiger partial charge in [-0.2, -0.15) is 0 Å². The Bertz CT molecular complexity index is 256. The Hall–Kier alpha value is 0.210. The van der Waals surface area contributed by atoms with Gasteiger partial charge in [-0.05, 0) is 37.5 Å². The van der Waals surface area contributed by atoms with Gasteiger partial charge in [0.15, 0.2) is 0 Å². The van der Waals surface area contributed by atoms with Gasteiger partial charge in [-0.25, -0.2) is 0 Å². The molecule has 2 saturated heterocycles. The topological polar surface area (TPSA) is 18.5 Å². The van der Waals surface area contributed by atoms with Crippen LogP contribution in [0, 0.1) is 23.7 Å². The lowest BCUT2D eigenvalue weighted by atomic mass is 9.90. The van der Waals surface area contributed by atoms with Crippen molar-refractivity contribution in [3.63, 3.8) is 0 Å². The highest BCUT2D eigenvalue weighted by molar-refractivity contribution is 6.20. The van der Waals surface area contributed by atoms with E-state index in [1.54, 1.807) is 0 Å². The van der Waals surface area contributed by atoms with Crippen LogP contribution in [0.25, 0.3) is 0 Å². The highest BCUT2D eigenvalue weighted by Crippen LogP contribution is 2.35. The summed E-state index contributed by atoms with van der Waals surface area (Å²) in [6.45, 7) is 15.5. The van der Waals surface area contributed by atoms with Gasteiger partial charge in [-0.1, -0.05) is 53.1 Å². The second kappa shape index (κ2) is 8.00. The third-order valence-corrected chi connectivity index (χ3v) is 5.98. The van der Waals surface area contributed by atoms with Crippen molar-refractivity contribution in [2.45, 2.75) is 85.2 Å². The van der Waals surface area contributed by atoms with E-state index in [1.165, 1.54) is 0 Å². The first kappa shape index (κ1) is 18.3. The maximum Gasteiger partial charge on any atom is 0.134 e. The molecule has 2 aliphatic heterocycles. The zero-order valence-electron chi connectivity index (χ0n) is 14.2. The molecule has 2 fully saturated rings. The SMILES string of the molecule is CCC1OC(C)C(C)C1C.CCC1OC(Cl)C(C)C1C. The van der Waals surface area contributed by atoms with Crippen LogP contribution < -0.4 is 0 Å². The van der Waals surface area contributed by atoms with Gasteiger partial charge in [-0.15, -0.1) is 0 Å². The molecule has 0 radical (unpaired) electrons. The molecule has 3 heteroatoms. The third kappa shape index (κ3) is 4.11. The zero-order chi connectivity index (χ0) is 15.4. The summed E-state index contributed by atoms with van der Waals surface area (Å²) in [6, 6.07) is 0. The van der Waals surface area contributed by atoms with E-state index in [1.807, 2.05) is 0 Å². The van der Waals surface area contributed by atoms with Gasteiger partial charge in [0.1, 0.15) is 5.56 Å². The summed E-state index contributed by atoms with van der Waals surface area (Å²) >= 11 is 5.91. The minimum absolute atomic E-state index is 0.0556. The Morgan fingerprint density at radius 1 is 0.700 bits per heavy atom. The van der Waals surface area contributed by atoms with Gasteiger partial charge < -0.3 is 9.47 Å². The van der Waals surface area contributed by atoms with Crippen molar-refractivity contribution in [2.24, 2.45) is 23.7 Å². The minimum atomic E-state index is -0.0556. The number of rotatable bonds is 2. The van der Waals surface area contributed by atoms with E-state index in [9.17, 15) is 0 Å². The number of halogens is 1. The molecular formula is C17H33ClO2. The summed E-state index contributed by atoms with van der Waals surface area (Å²) in [5.41, 5.74) is -0.0556. The molecule has 0 aromatic carbocycles. The summed E-state index contributed by atoms with van der Waals surface area (Å²) in [5.74, 6) is 2.61. The van der Waals surface area contributed by atoms with Crippen LogP contribution in [0.1, 0.15) is 61.3 Å². The van der Waals surface area contributed by atoms with Crippen molar-refractivity contribution in [1.82, 2.24) is 0 Å². The molecule has 20 heavy (non-hydrogen) atoms. The predicted octanol–water partition coefficient (Wildman–Crippen LogP) is 5.09. The highest BCUT2D eigenvalue weighted by atomic mass is 35.5. The van der Waals surface area contributed by atoms with Gasteiger partial charge in [0.25, 0.3) is 0 Å². The normalized spacial score (nSPS) is 48.0. The lowest BCUT2D eigenvalue weighted by Crippen LogP contribution is -2.14. The molecule has 0 aliphatic carbocycles. The summed E-state index contributed by atoms with van der Waals surface area (Å²) in [4.78, 5) is 0. The Balaban J connectivity index is 0.000000200. The average Bonchev–Trinajstić information content (AvgIpc) is 2.84. The molecule has 2 nitrogen and oxygen atoms in total. The van der Waals surface area contributed by atoms with Crippen molar-refractivity contribution < 1.29 is 9.47 Å². The molecule has 0 bridgehead atoms. The van der Waals surface area contributed by atoms with Crippen LogP contribution in [0.5, 0.6) is 0 Å². The summed E-state index contributed by atoms with van der Waals surface area (Å²) in [7, 11) is 0. The maximum absolute atomic E-state index is 5.91. The smallest absolute Gasteiger partial charge is 0.134 e. The number of hydrogen-bond donors (Lipinski definition) is 0. The molecule has 0 aromatic heterocycles. The first-order valence-corrected chi connectivity index (χ1v) is 8.71. The van der Waals surface area contributed by atoms with Crippen LogP contribution in [-0.2, 0) is 9.47 Å². The molecule has 0 N–H and O–H groups in total. The summed E-state index contributed by atoms with van der Waals surface area (Å²) in [6.07, 6.45) is 3.62. The fourth-order valence-electron chi connectivity index (χ4n) is 3.22. The van der Waals surface area contributed by atoms with E-state index >= 15 is 0 Å². The molecule has 8 atom stereocenters. The quantitative estimate of drug-likeness (QED) is 0.662. The Labute approximate surface area is 130 Å². The predicted molar refractivity (Wildman–Crippen MR) is 86.1 cm³/mol. The average molecular weight is 305 g/mol. The molecule has 0 spiro atoms. The number of ether oxygens (including phenoxy) is 2. The van der Waals surface area contributed by atoms with Gasteiger partial charge >= 0.3 is 0 Å². The van der Waals surface area contributed by atoms with Crippen LogP contribution >= 0.6 is 11.6 Å².